The molecule has 180 valence electrons. The van der Waals surface area contributed by atoms with E-state index in [2.05, 4.69) is 15.5 Å². The first-order valence-electron chi connectivity index (χ1n) is 12.1. The highest BCUT2D eigenvalue weighted by Crippen LogP contribution is 2.32. The Bertz CT molecular complexity index is 1570. The number of hydrogen-bond donors (Lipinski definition) is 1. The zero-order valence-corrected chi connectivity index (χ0v) is 19.9. The summed E-state index contributed by atoms with van der Waals surface area (Å²) in [5.41, 5.74) is 4.27. The molecule has 0 saturated heterocycles. The maximum absolute atomic E-state index is 13.8. The van der Waals surface area contributed by atoms with Crippen LogP contribution in [-0.2, 0) is 13.1 Å². The van der Waals surface area contributed by atoms with Crippen molar-refractivity contribution in [2.75, 3.05) is 5.32 Å². The summed E-state index contributed by atoms with van der Waals surface area (Å²) in [6.45, 7) is 3.08. The molecule has 8 heteroatoms. The molecule has 1 saturated carbocycles. The van der Waals surface area contributed by atoms with Gasteiger partial charge in [0.2, 0.25) is 0 Å². The van der Waals surface area contributed by atoms with Crippen LogP contribution in [0.25, 0.3) is 22.3 Å². The number of fused-ring (bicyclic) bond motifs is 1. The normalized spacial score (nSPS) is 13.3. The van der Waals surface area contributed by atoms with Crippen molar-refractivity contribution in [3.8, 4) is 11.3 Å². The van der Waals surface area contributed by atoms with Crippen LogP contribution in [0.4, 0.5) is 10.2 Å². The predicted molar refractivity (Wildman–Crippen MR) is 136 cm³/mol. The van der Waals surface area contributed by atoms with E-state index in [0.29, 0.717) is 40.6 Å². The molecule has 0 bridgehead atoms. The van der Waals surface area contributed by atoms with Gasteiger partial charge in [0, 0.05) is 17.7 Å². The number of carbonyl (C=O) groups excluding carboxylic acids is 1. The average molecular weight is 481 g/mol. The van der Waals surface area contributed by atoms with Crippen LogP contribution in [0.1, 0.15) is 34.3 Å². The molecule has 0 spiro atoms. The standard InChI is InChI=1S/C28H25FN6O/c1-18-14-30-34(16-19-10-11-19)26(18)33-28(36)23-13-25(21-7-3-2-4-8-21)32-27-24(23)15-31-35(27)17-20-6-5-9-22(29)12-20/h2-9,12-15,19H,10-11,16-17H2,1H3,(H,33,36). The van der Waals surface area contributed by atoms with E-state index >= 15 is 0 Å². The van der Waals surface area contributed by atoms with Gasteiger partial charge in [-0.1, -0.05) is 42.5 Å². The van der Waals surface area contributed by atoms with E-state index in [9.17, 15) is 9.18 Å². The number of nitrogens with zero attached hydrogens (tertiary/aromatic N) is 5. The molecule has 1 N–H and O–H groups in total. The van der Waals surface area contributed by atoms with Gasteiger partial charge in [0.25, 0.3) is 5.91 Å². The molecule has 36 heavy (non-hydrogen) atoms. The molecule has 0 atom stereocenters. The first kappa shape index (κ1) is 22.2. The van der Waals surface area contributed by atoms with Crippen molar-refractivity contribution >= 4 is 22.8 Å². The second kappa shape index (κ2) is 9.03. The molecule has 1 aliphatic rings. The fourth-order valence-electron chi connectivity index (χ4n) is 4.42. The number of benzene rings is 2. The van der Waals surface area contributed by atoms with Crippen LogP contribution in [0, 0.1) is 18.7 Å². The minimum Gasteiger partial charge on any atom is -0.307 e. The summed E-state index contributed by atoms with van der Waals surface area (Å²) in [6.07, 6.45) is 5.83. The van der Waals surface area contributed by atoms with Gasteiger partial charge in [0.15, 0.2) is 5.65 Å². The summed E-state index contributed by atoms with van der Waals surface area (Å²) in [7, 11) is 0. The van der Waals surface area contributed by atoms with E-state index in [4.69, 9.17) is 4.98 Å². The van der Waals surface area contributed by atoms with Crippen molar-refractivity contribution in [2.24, 2.45) is 5.92 Å². The Morgan fingerprint density at radius 3 is 2.61 bits per heavy atom. The monoisotopic (exact) mass is 480 g/mol. The SMILES string of the molecule is Cc1cnn(CC2CC2)c1NC(=O)c1cc(-c2ccccc2)nc2c1cnn2Cc1cccc(F)c1. The molecule has 1 aliphatic carbocycles. The van der Waals surface area contributed by atoms with E-state index < -0.39 is 0 Å². The second-order valence-corrected chi connectivity index (χ2v) is 9.35. The third kappa shape index (κ3) is 4.37. The lowest BCUT2D eigenvalue weighted by Gasteiger charge is -2.12. The van der Waals surface area contributed by atoms with Gasteiger partial charge in [0.1, 0.15) is 11.6 Å². The molecule has 0 radical (unpaired) electrons. The summed E-state index contributed by atoms with van der Waals surface area (Å²) >= 11 is 0. The van der Waals surface area contributed by atoms with Gasteiger partial charge in [-0.25, -0.2) is 18.7 Å². The molecule has 2 aromatic carbocycles. The summed E-state index contributed by atoms with van der Waals surface area (Å²) in [5.74, 6) is 0.786. The molecule has 0 aliphatic heterocycles. The van der Waals surface area contributed by atoms with Crippen molar-refractivity contribution in [3.63, 3.8) is 0 Å². The summed E-state index contributed by atoms with van der Waals surface area (Å²) in [6, 6.07) is 17.9. The van der Waals surface area contributed by atoms with Crippen LogP contribution in [0.2, 0.25) is 0 Å². The number of amides is 1. The van der Waals surface area contributed by atoms with Gasteiger partial charge < -0.3 is 5.32 Å². The second-order valence-electron chi connectivity index (χ2n) is 9.35. The van der Waals surface area contributed by atoms with E-state index in [-0.39, 0.29) is 11.7 Å². The Labute approximate surface area is 207 Å². The van der Waals surface area contributed by atoms with Gasteiger partial charge in [-0.05, 0) is 49.4 Å². The first-order chi connectivity index (χ1) is 17.5. The van der Waals surface area contributed by atoms with Gasteiger partial charge in [-0.2, -0.15) is 10.2 Å². The van der Waals surface area contributed by atoms with E-state index in [0.717, 1.165) is 23.2 Å². The molecule has 0 unspecified atom stereocenters. The minimum absolute atomic E-state index is 0.245. The fraction of sp³-hybridized carbons (Fsp3) is 0.214. The summed E-state index contributed by atoms with van der Waals surface area (Å²) in [5, 5.41) is 12.7. The fourth-order valence-corrected chi connectivity index (χ4v) is 4.42. The molecule has 7 nitrogen and oxygen atoms in total. The molecule has 1 fully saturated rings. The molecule has 5 aromatic rings. The number of aromatic nitrogens is 5. The number of halogens is 1. The van der Waals surface area contributed by atoms with Crippen molar-refractivity contribution < 1.29 is 9.18 Å². The maximum atomic E-state index is 13.8. The Balaban J connectivity index is 1.42. The Morgan fingerprint density at radius 2 is 1.83 bits per heavy atom. The van der Waals surface area contributed by atoms with Crippen LogP contribution in [0.5, 0.6) is 0 Å². The number of anilines is 1. The lowest BCUT2D eigenvalue weighted by atomic mass is 10.1. The Kier molecular flexibility index (Phi) is 5.56. The number of hydrogen-bond acceptors (Lipinski definition) is 4. The number of carbonyl (C=O) groups is 1. The van der Waals surface area contributed by atoms with Gasteiger partial charge in [-0.15, -0.1) is 0 Å². The van der Waals surface area contributed by atoms with Crippen LogP contribution in [0.15, 0.2) is 73.1 Å². The van der Waals surface area contributed by atoms with E-state index in [1.165, 1.54) is 25.0 Å². The number of pyridine rings is 1. The largest absolute Gasteiger partial charge is 0.307 e. The van der Waals surface area contributed by atoms with Crippen LogP contribution in [0.3, 0.4) is 0 Å². The Hall–Kier alpha value is -4.33. The third-order valence-electron chi connectivity index (χ3n) is 6.53. The minimum atomic E-state index is -0.305. The van der Waals surface area contributed by atoms with Crippen molar-refractivity contribution in [1.29, 1.82) is 0 Å². The zero-order chi connectivity index (χ0) is 24.6. The van der Waals surface area contributed by atoms with Crippen LogP contribution < -0.4 is 5.32 Å². The Morgan fingerprint density at radius 1 is 1.03 bits per heavy atom. The predicted octanol–water partition coefficient (Wildman–Crippen LogP) is 5.45. The quantitative estimate of drug-likeness (QED) is 0.336. The highest BCUT2D eigenvalue weighted by molar-refractivity contribution is 6.12. The first-order valence-corrected chi connectivity index (χ1v) is 12.1. The average Bonchev–Trinajstić information content (AvgIpc) is 3.53. The van der Waals surface area contributed by atoms with Crippen LogP contribution >= 0.6 is 0 Å². The molecular weight excluding hydrogens is 455 g/mol. The van der Waals surface area contributed by atoms with Gasteiger partial charge in [-0.3, -0.25) is 4.79 Å². The highest BCUT2D eigenvalue weighted by Gasteiger charge is 2.25. The zero-order valence-electron chi connectivity index (χ0n) is 19.9. The number of nitrogens with one attached hydrogen (secondary N) is 1. The lowest BCUT2D eigenvalue weighted by molar-refractivity contribution is 0.102. The van der Waals surface area contributed by atoms with E-state index in [1.54, 1.807) is 29.2 Å². The van der Waals surface area contributed by atoms with Crippen molar-refractivity contribution in [2.45, 2.75) is 32.9 Å². The topological polar surface area (TPSA) is 77.6 Å². The number of rotatable bonds is 7. The lowest BCUT2D eigenvalue weighted by Crippen LogP contribution is -2.18. The van der Waals surface area contributed by atoms with Gasteiger partial charge >= 0.3 is 0 Å². The maximum Gasteiger partial charge on any atom is 0.257 e. The highest BCUT2D eigenvalue weighted by atomic mass is 19.1. The van der Waals surface area contributed by atoms with Crippen LogP contribution in [-0.4, -0.2) is 30.5 Å². The summed E-state index contributed by atoms with van der Waals surface area (Å²) < 4.78 is 17.4. The number of aryl methyl sites for hydroxylation is 1. The smallest absolute Gasteiger partial charge is 0.257 e. The molecule has 6 rings (SSSR count). The molecular formula is C28H25FN6O. The molecule has 3 heterocycles. The third-order valence-corrected chi connectivity index (χ3v) is 6.53. The molecule has 3 aromatic heterocycles. The van der Waals surface area contributed by atoms with Crippen molar-refractivity contribution in [3.05, 3.63) is 95.6 Å². The summed E-state index contributed by atoms with van der Waals surface area (Å²) in [4.78, 5) is 18.5. The molecule has 1 amide bonds. The van der Waals surface area contributed by atoms with E-state index in [1.807, 2.05) is 48.0 Å². The van der Waals surface area contributed by atoms with Crippen molar-refractivity contribution in [1.82, 2.24) is 24.5 Å². The van der Waals surface area contributed by atoms with Gasteiger partial charge in [0.05, 0.1) is 35.6 Å².